The first kappa shape index (κ1) is 12.1. The average Bonchev–Trinajstić information content (AvgIpc) is 2.68. The van der Waals surface area contributed by atoms with Crippen molar-refractivity contribution in [2.24, 2.45) is 10.7 Å². The summed E-state index contributed by atoms with van der Waals surface area (Å²) in [5, 5.41) is 6.77. The van der Waals surface area contributed by atoms with E-state index in [-0.39, 0.29) is 0 Å². The molecule has 2 rings (SSSR count). The number of pyridine rings is 1. The Kier molecular flexibility index (Phi) is 3.57. The Labute approximate surface area is 105 Å². The molecule has 0 bridgehead atoms. The molecular weight excluding hydrogens is 230 g/mol. The number of hydrogen-bond acceptors (Lipinski definition) is 4. The summed E-state index contributed by atoms with van der Waals surface area (Å²) in [6, 6.07) is 5.53. The third-order valence-corrected chi connectivity index (χ3v) is 2.51. The molecule has 0 aliphatic rings. The fourth-order valence-corrected chi connectivity index (χ4v) is 1.50. The van der Waals surface area contributed by atoms with E-state index >= 15 is 0 Å². The van der Waals surface area contributed by atoms with Gasteiger partial charge in [-0.1, -0.05) is 11.2 Å². The number of nitrogens with one attached hydrogen (secondary N) is 1. The molecule has 0 fully saturated rings. The van der Waals surface area contributed by atoms with Gasteiger partial charge in [0.05, 0.1) is 12.2 Å². The van der Waals surface area contributed by atoms with E-state index < -0.39 is 0 Å². The Morgan fingerprint density at radius 3 is 2.89 bits per heavy atom. The van der Waals surface area contributed by atoms with Crippen molar-refractivity contribution >= 4 is 11.8 Å². The number of rotatable bonds is 3. The topological polar surface area (TPSA) is 89.3 Å². The number of anilines is 1. The van der Waals surface area contributed by atoms with E-state index in [2.05, 4.69) is 20.4 Å². The monoisotopic (exact) mass is 245 g/mol. The van der Waals surface area contributed by atoms with Crippen LogP contribution in [0.25, 0.3) is 0 Å². The molecule has 0 radical (unpaired) electrons. The normalized spacial score (nSPS) is 11.6. The summed E-state index contributed by atoms with van der Waals surface area (Å²) in [6.45, 7) is 4.17. The van der Waals surface area contributed by atoms with Gasteiger partial charge in [-0.3, -0.25) is 0 Å². The molecule has 0 amide bonds. The number of hydrogen-bond donors (Lipinski definition) is 2. The molecule has 2 aromatic heterocycles. The molecule has 94 valence electrons. The summed E-state index contributed by atoms with van der Waals surface area (Å²) in [4.78, 5) is 8.32. The van der Waals surface area contributed by atoms with Gasteiger partial charge in [-0.2, -0.15) is 0 Å². The van der Waals surface area contributed by atoms with Crippen molar-refractivity contribution in [3.05, 3.63) is 41.4 Å². The Hall–Kier alpha value is -2.37. The van der Waals surface area contributed by atoms with Gasteiger partial charge in [0.15, 0.2) is 5.96 Å². The van der Waals surface area contributed by atoms with Crippen molar-refractivity contribution in [2.45, 2.75) is 20.4 Å². The van der Waals surface area contributed by atoms with E-state index in [0.717, 1.165) is 17.0 Å². The number of guanidine groups is 1. The second-order valence-corrected chi connectivity index (χ2v) is 3.84. The first-order chi connectivity index (χ1) is 8.66. The van der Waals surface area contributed by atoms with Crippen LogP contribution in [0.5, 0.6) is 0 Å². The highest BCUT2D eigenvalue weighted by Gasteiger charge is 2.07. The van der Waals surface area contributed by atoms with E-state index in [1.54, 1.807) is 6.20 Å². The summed E-state index contributed by atoms with van der Waals surface area (Å²) in [6.07, 6.45) is 1.68. The lowest BCUT2D eigenvalue weighted by Gasteiger charge is -2.03. The Morgan fingerprint density at radius 1 is 1.44 bits per heavy atom. The van der Waals surface area contributed by atoms with Gasteiger partial charge in [-0.05, 0) is 26.0 Å². The van der Waals surface area contributed by atoms with Crippen LogP contribution < -0.4 is 11.1 Å². The predicted molar refractivity (Wildman–Crippen MR) is 69.2 cm³/mol. The second kappa shape index (κ2) is 5.31. The third kappa shape index (κ3) is 2.85. The Bertz CT molecular complexity index is 527. The summed E-state index contributed by atoms with van der Waals surface area (Å²) in [5.74, 6) is 1.74. The lowest BCUT2D eigenvalue weighted by atomic mass is 10.2. The van der Waals surface area contributed by atoms with Crippen molar-refractivity contribution in [3.8, 4) is 0 Å². The van der Waals surface area contributed by atoms with E-state index in [1.165, 1.54) is 0 Å². The summed E-state index contributed by atoms with van der Waals surface area (Å²) >= 11 is 0. The van der Waals surface area contributed by atoms with Gasteiger partial charge in [-0.15, -0.1) is 0 Å². The molecule has 18 heavy (non-hydrogen) atoms. The molecule has 0 saturated carbocycles. The fourth-order valence-electron chi connectivity index (χ4n) is 1.50. The Balaban J connectivity index is 2.02. The molecule has 6 nitrogen and oxygen atoms in total. The summed E-state index contributed by atoms with van der Waals surface area (Å²) in [5.41, 5.74) is 7.56. The average molecular weight is 245 g/mol. The van der Waals surface area contributed by atoms with Crippen LogP contribution in [-0.4, -0.2) is 16.1 Å². The molecule has 0 unspecified atom stereocenters. The number of nitrogens with two attached hydrogens (primary N) is 1. The van der Waals surface area contributed by atoms with Crippen LogP contribution in [0.15, 0.2) is 33.9 Å². The highest BCUT2D eigenvalue weighted by Crippen LogP contribution is 2.13. The van der Waals surface area contributed by atoms with Gasteiger partial charge in [-0.25, -0.2) is 9.98 Å². The molecule has 6 heteroatoms. The number of aliphatic imine (C=N–C) groups is 1. The lowest BCUT2D eigenvalue weighted by molar-refractivity contribution is 0.392. The van der Waals surface area contributed by atoms with Crippen LogP contribution in [0, 0.1) is 13.8 Å². The van der Waals surface area contributed by atoms with Gasteiger partial charge in [0.2, 0.25) is 0 Å². The van der Waals surface area contributed by atoms with Crippen molar-refractivity contribution in [2.75, 3.05) is 5.32 Å². The number of aromatic nitrogens is 2. The number of aryl methyl sites for hydroxylation is 2. The predicted octanol–water partition coefficient (Wildman–Crippen LogP) is 1.61. The van der Waals surface area contributed by atoms with Crippen LogP contribution in [0.4, 0.5) is 5.82 Å². The quantitative estimate of drug-likeness (QED) is 0.633. The molecular formula is C12H15N5O. The van der Waals surface area contributed by atoms with Crippen molar-refractivity contribution in [3.63, 3.8) is 0 Å². The standard InChI is InChI=1S/C12H15N5O/c1-8-10(9(2)18-17-8)7-15-12(13)16-11-5-3-4-6-14-11/h3-6H,7H2,1-2H3,(H3,13,14,15,16). The molecule has 0 spiro atoms. The zero-order valence-electron chi connectivity index (χ0n) is 10.3. The molecule has 0 atom stereocenters. The van der Waals surface area contributed by atoms with Crippen LogP contribution >= 0.6 is 0 Å². The van der Waals surface area contributed by atoms with Crippen molar-refractivity contribution < 1.29 is 4.52 Å². The first-order valence-corrected chi connectivity index (χ1v) is 5.56. The lowest BCUT2D eigenvalue weighted by Crippen LogP contribution is -2.23. The first-order valence-electron chi connectivity index (χ1n) is 5.56. The van der Waals surface area contributed by atoms with Gasteiger partial charge in [0.1, 0.15) is 11.6 Å². The Morgan fingerprint density at radius 2 is 2.28 bits per heavy atom. The maximum absolute atomic E-state index is 5.77. The molecule has 0 aromatic carbocycles. The van der Waals surface area contributed by atoms with Gasteiger partial charge < -0.3 is 15.6 Å². The zero-order chi connectivity index (χ0) is 13.0. The highest BCUT2D eigenvalue weighted by atomic mass is 16.5. The molecule has 2 aromatic rings. The minimum atomic E-state index is 0.314. The molecule has 0 aliphatic heterocycles. The van der Waals surface area contributed by atoms with Crippen LogP contribution in [0.1, 0.15) is 17.0 Å². The zero-order valence-corrected chi connectivity index (χ0v) is 10.3. The maximum Gasteiger partial charge on any atom is 0.194 e. The van der Waals surface area contributed by atoms with Gasteiger partial charge in [0, 0.05) is 11.8 Å². The summed E-state index contributed by atoms with van der Waals surface area (Å²) in [7, 11) is 0. The fraction of sp³-hybridized carbons (Fsp3) is 0.250. The molecule has 0 saturated heterocycles. The maximum atomic E-state index is 5.77. The minimum absolute atomic E-state index is 0.314. The second-order valence-electron chi connectivity index (χ2n) is 3.84. The smallest absolute Gasteiger partial charge is 0.194 e. The van der Waals surface area contributed by atoms with E-state index in [9.17, 15) is 0 Å². The van der Waals surface area contributed by atoms with E-state index in [4.69, 9.17) is 10.3 Å². The van der Waals surface area contributed by atoms with E-state index in [1.807, 2.05) is 32.0 Å². The molecule has 0 aliphatic carbocycles. The highest BCUT2D eigenvalue weighted by molar-refractivity contribution is 5.91. The van der Waals surface area contributed by atoms with E-state index in [0.29, 0.717) is 18.3 Å². The third-order valence-electron chi connectivity index (χ3n) is 2.51. The van der Waals surface area contributed by atoms with Crippen molar-refractivity contribution in [1.82, 2.24) is 10.1 Å². The molecule has 3 N–H and O–H groups in total. The van der Waals surface area contributed by atoms with Crippen molar-refractivity contribution in [1.29, 1.82) is 0 Å². The van der Waals surface area contributed by atoms with Crippen LogP contribution in [0.3, 0.4) is 0 Å². The van der Waals surface area contributed by atoms with Crippen LogP contribution in [-0.2, 0) is 6.54 Å². The summed E-state index contributed by atoms with van der Waals surface area (Å²) < 4.78 is 5.05. The van der Waals surface area contributed by atoms with Gasteiger partial charge >= 0.3 is 0 Å². The number of nitrogens with zero attached hydrogens (tertiary/aromatic N) is 3. The largest absolute Gasteiger partial charge is 0.370 e. The van der Waals surface area contributed by atoms with Gasteiger partial charge in [0.25, 0.3) is 0 Å². The molecule has 2 heterocycles. The van der Waals surface area contributed by atoms with Crippen LogP contribution in [0.2, 0.25) is 0 Å². The SMILES string of the molecule is Cc1noc(C)c1CN=C(N)Nc1ccccn1. The minimum Gasteiger partial charge on any atom is -0.370 e.